The fraction of sp³-hybridized carbons (Fsp3) is 0.591. The smallest absolute Gasteiger partial charge is 0.325 e. The number of halogens is 1. The molecule has 7 nitrogen and oxygen atoms in total. The Morgan fingerprint density at radius 3 is 2.33 bits per heavy atom. The minimum Gasteiger partial charge on any atom is -0.340 e. The van der Waals surface area contributed by atoms with Gasteiger partial charge in [-0.25, -0.2) is 4.79 Å². The third kappa shape index (κ3) is 4.47. The van der Waals surface area contributed by atoms with E-state index >= 15 is 0 Å². The van der Waals surface area contributed by atoms with Gasteiger partial charge in [0.15, 0.2) is 0 Å². The molecule has 1 aliphatic carbocycles. The standard InChI is InChI=1S/C22H29ClN4O3/c23-18-6-4-17(5-7-18)16-25-12-14-26(15-13-25)19(28)8-11-27-20(29)22(24-21(27)30)9-2-1-3-10-22/h4-7H,1-3,8-16H2,(H,24,30). The molecule has 0 atom stereocenters. The number of hydrogen-bond acceptors (Lipinski definition) is 4. The summed E-state index contributed by atoms with van der Waals surface area (Å²) < 4.78 is 0. The van der Waals surface area contributed by atoms with Crippen molar-refractivity contribution in [3.63, 3.8) is 0 Å². The minimum absolute atomic E-state index is 0.00587. The van der Waals surface area contributed by atoms with E-state index in [4.69, 9.17) is 11.6 Å². The molecule has 0 radical (unpaired) electrons. The first kappa shape index (κ1) is 21.1. The molecular weight excluding hydrogens is 404 g/mol. The Labute approximate surface area is 182 Å². The van der Waals surface area contributed by atoms with E-state index in [1.54, 1.807) is 0 Å². The van der Waals surface area contributed by atoms with Gasteiger partial charge in [-0.2, -0.15) is 0 Å². The zero-order valence-electron chi connectivity index (χ0n) is 17.2. The maximum atomic E-state index is 12.8. The van der Waals surface area contributed by atoms with E-state index in [-0.39, 0.29) is 30.8 Å². The predicted molar refractivity (Wildman–Crippen MR) is 114 cm³/mol. The molecule has 1 spiro atoms. The molecule has 2 aliphatic heterocycles. The van der Waals surface area contributed by atoms with Crippen LogP contribution in [0, 0.1) is 0 Å². The molecule has 1 aromatic rings. The SMILES string of the molecule is O=C(CCN1C(=O)NC2(CCCCC2)C1=O)N1CCN(Cc2ccc(Cl)cc2)CC1. The summed E-state index contributed by atoms with van der Waals surface area (Å²) in [6.45, 7) is 3.94. The fourth-order valence-corrected chi connectivity index (χ4v) is 4.87. The van der Waals surface area contributed by atoms with Crippen molar-refractivity contribution in [2.75, 3.05) is 32.7 Å². The molecule has 2 saturated heterocycles. The summed E-state index contributed by atoms with van der Waals surface area (Å²) in [5.74, 6) is -0.140. The Balaban J connectivity index is 1.24. The molecule has 2 heterocycles. The number of nitrogens with zero attached hydrogens (tertiary/aromatic N) is 3. The van der Waals surface area contributed by atoms with Crippen molar-refractivity contribution in [2.24, 2.45) is 0 Å². The zero-order valence-corrected chi connectivity index (χ0v) is 18.0. The van der Waals surface area contributed by atoms with E-state index in [2.05, 4.69) is 10.2 Å². The first-order valence-electron chi connectivity index (χ1n) is 10.9. The summed E-state index contributed by atoms with van der Waals surface area (Å²) in [6.07, 6.45) is 4.62. The average Bonchev–Trinajstić information content (AvgIpc) is 2.98. The molecule has 0 aromatic heterocycles. The van der Waals surface area contributed by atoms with Crippen LogP contribution in [0.4, 0.5) is 4.79 Å². The third-order valence-electron chi connectivity index (χ3n) is 6.55. The Morgan fingerprint density at radius 2 is 1.67 bits per heavy atom. The summed E-state index contributed by atoms with van der Waals surface area (Å²) in [5.41, 5.74) is 0.487. The van der Waals surface area contributed by atoms with E-state index in [0.29, 0.717) is 25.9 Å². The summed E-state index contributed by atoms with van der Waals surface area (Å²) in [6, 6.07) is 7.49. The monoisotopic (exact) mass is 432 g/mol. The molecule has 0 bridgehead atoms. The Hall–Kier alpha value is -2.12. The first-order chi connectivity index (χ1) is 14.5. The number of benzene rings is 1. The van der Waals surface area contributed by atoms with Gasteiger partial charge < -0.3 is 10.2 Å². The molecular formula is C22H29ClN4O3. The highest BCUT2D eigenvalue weighted by Crippen LogP contribution is 2.33. The van der Waals surface area contributed by atoms with Gasteiger partial charge in [0, 0.05) is 50.7 Å². The van der Waals surface area contributed by atoms with Gasteiger partial charge in [-0.3, -0.25) is 19.4 Å². The van der Waals surface area contributed by atoms with Crippen LogP contribution in [-0.4, -0.2) is 70.8 Å². The van der Waals surface area contributed by atoms with Gasteiger partial charge in [-0.05, 0) is 30.5 Å². The molecule has 3 aliphatic rings. The summed E-state index contributed by atoms with van der Waals surface area (Å²) in [5, 5.41) is 3.63. The molecule has 30 heavy (non-hydrogen) atoms. The fourth-order valence-electron chi connectivity index (χ4n) is 4.74. The molecule has 3 fully saturated rings. The van der Waals surface area contributed by atoms with E-state index < -0.39 is 5.54 Å². The lowest BCUT2D eigenvalue weighted by Crippen LogP contribution is -2.49. The number of piperazine rings is 1. The van der Waals surface area contributed by atoms with Crippen LogP contribution in [-0.2, 0) is 16.1 Å². The molecule has 8 heteroatoms. The van der Waals surface area contributed by atoms with Crippen molar-refractivity contribution in [1.82, 2.24) is 20.0 Å². The number of hydrogen-bond donors (Lipinski definition) is 1. The van der Waals surface area contributed by atoms with Crippen LogP contribution in [0.2, 0.25) is 5.02 Å². The highest BCUT2D eigenvalue weighted by Gasteiger charge is 2.51. The molecule has 4 amide bonds. The topological polar surface area (TPSA) is 73.0 Å². The normalized spacial score (nSPS) is 21.9. The van der Waals surface area contributed by atoms with E-state index in [1.807, 2.05) is 29.2 Å². The number of carbonyl (C=O) groups is 3. The van der Waals surface area contributed by atoms with Crippen LogP contribution in [0.15, 0.2) is 24.3 Å². The predicted octanol–water partition coefficient (Wildman–Crippen LogP) is 2.63. The van der Waals surface area contributed by atoms with E-state index in [0.717, 1.165) is 43.9 Å². The first-order valence-corrected chi connectivity index (χ1v) is 11.2. The van der Waals surface area contributed by atoms with Crippen molar-refractivity contribution >= 4 is 29.4 Å². The van der Waals surface area contributed by atoms with Gasteiger partial charge in [-0.1, -0.05) is 43.0 Å². The Bertz CT molecular complexity index is 799. The second-order valence-corrected chi connectivity index (χ2v) is 9.00. The molecule has 0 unspecified atom stereocenters. The van der Waals surface area contributed by atoms with Crippen LogP contribution in [0.3, 0.4) is 0 Å². The minimum atomic E-state index is -0.717. The average molecular weight is 433 g/mol. The van der Waals surface area contributed by atoms with Crippen molar-refractivity contribution in [3.05, 3.63) is 34.9 Å². The lowest BCUT2D eigenvalue weighted by atomic mass is 9.82. The highest BCUT2D eigenvalue weighted by molar-refractivity contribution is 6.30. The highest BCUT2D eigenvalue weighted by atomic mass is 35.5. The molecule has 162 valence electrons. The summed E-state index contributed by atoms with van der Waals surface area (Å²) in [7, 11) is 0. The number of carbonyl (C=O) groups excluding carboxylic acids is 3. The Kier molecular flexibility index (Phi) is 6.29. The van der Waals surface area contributed by atoms with E-state index in [1.165, 1.54) is 10.5 Å². The van der Waals surface area contributed by atoms with Crippen molar-refractivity contribution in [2.45, 2.75) is 50.6 Å². The number of nitrogens with one attached hydrogen (secondary N) is 1. The van der Waals surface area contributed by atoms with Gasteiger partial charge in [0.2, 0.25) is 5.91 Å². The number of rotatable bonds is 5. The second kappa shape index (κ2) is 8.94. The largest absolute Gasteiger partial charge is 0.340 e. The van der Waals surface area contributed by atoms with Crippen LogP contribution in [0.25, 0.3) is 0 Å². The second-order valence-electron chi connectivity index (χ2n) is 8.56. The molecule has 1 N–H and O–H groups in total. The molecule has 4 rings (SSSR count). The molecule has 1 saturated carbocycles. The van der Waals surface area contributed by atoms with Crippen LogP contribution >= 0.6 is 11.6 Å². The molecule has 1 aromatic carbocycles. The summed E-state index contributed by atoms with van der Waals surface area (Å²) >= 11 is 5.94. The maximum Gasteiger partial charge on any atom is 0.325 e. The number of amides is 4. The summed E-state index contributed by atoms with van der Waals surface area (Å²) in [4.78, 5) is 43.2. The maximum absolute atomic E-state index is 12.8. The number of imide groups is 1. The van der Waals surface area contributed by atoms with Gasteiger partial charge in [0.05, 0.1) is 0 Å². The number of urea groups is 1. The lowest BCUT2D eigenvalue weighted by molar-refractivity contribution is -0.135. The van der Waals surface area contributed by atoms with E-state index in [9.17, 15) is 14.4 Å². The van der Waals surface area contributed by atoms with Crippen molar-refractivity contribution in [3.8, 4) is 0 Å². The zero-order chi connectivity index (χ0) is 21.1. The van der Waals surface area contributed by atoms with Gasteiger partial charge in [0.25, 0.3) is 5.91 Å². The van der Waals surface area contributed by atoms with Gasteiger partial charge in [0.1, 0.15) is 5.54 Å². The lowest BCUT2D eigenvalue weighted by Gasteiger charge is -2.35. The van der Waals surface area contributed by atoms with Gasteiger partial charge >= 0.3 is 6.03 Å². The van der Waals surface area contributed by atoms with Crippen molar-refractivity contribution in [1.29, 1.82) is 0 Å². The quantitative estimate of drug-likeness (QED) is 0.726. The van der Waals surface area contributed by atoms with Crippen LogP contribution in [0.5, 0.6) is 0 Å². The Morgan fingerprint density at radius 1 is 1.00 bits per heavy atom. The van der Waals surface area contributed by atoms with Crippen molar-refractivity contribution < 1.29 is 14.4 Å². The van der Waals surface area contributed by atoms with Crippen LogP contribution < -0.4 is 5.32 Å². The van der Waals surface area contributed by atoms with Crippen LogP contribution in [0.1, 0.15) is 44.1 Å². The third-order valence-corrected chi connectivity index (χ3v) is 6.80. The van der Waals surface area contributed by atoms with Gasteiger partial charge in [-0.15, -0.1) is 0 Å².